The maximum atomic E-state index is 5.35. The van der Waals surface area contributed by atoms with Crippen LogP contribution < -0.4 is 10.6 Å². The molecule has 5 nitrogen and oxygen atoms in total. The van der Waals surface area contributed by atoms with Gasteiger partial charge in [-0.05, 0) is 38.7 Å². The van der Waals surface area contributed by atoms with E-state index in [9.17, 15) is 0 Å². The second-order valence-electron chi connectivity index (χ2n) is 4.82. The molecular formula is C15H22N4OS. The van der Waals surface area contributed by atoms with E-state index in [0.29, 0.717) is 6.04 Å². The third-order valence-electron chi connectivity index (χ3n) is 3.04. The van der Waals surface area contributed by atoms with Crippen LogP contribution in [0.3, 0.4) is 0 Å². The molecule has 0 fully saturated rings. The predicted octanol–water partition coefficient (Wildman–Crippen LogP) is 3.66. The van der Waals surface area contributed by atoms with Crippen molar-refractivity contribution in [2.24, 2.45) is 0 Å². The first kappa shape index (κ1) is 15.7. The molecule has 0 saturated heterocycles. The molecule has 2 rings (SSSR count). The number of rotatable bonds is 8. The monoisotopic (exact) mass is 306 g/mol. The van der Waals surface area contributed by atoms with Crippen molar-refractivity contribution in [3.63, 3.8) is 0 Å². The number of aryl methyl sites for hydroxylation is 1. The minimum atomic E-state index is 0.314. The summed E-state index contributed by atoms with van der Waals surface area (Å²) in [7, 11) is 0. The lowest BCUT2D eigenvalue weighted by atomic mass is 10.1. The molecule has 0 aliphatic heterocycles. The van der Waals surface area contributed by atoms with Crippen molar-refractivity contribution in [3.8, 4) is 0 Å². The van der Waals surface area contributed by atoms with Crippen LogP contribution in [0.1, 0.15) is 26.0 Å². The fraction of sp³-hybridized carbons (Fsp3) is 0.467. The van der Waals surface area contributed by atoms with Gasteiger partial charge >= 0.3 is 0 Å². The summed E-state index contributed by atoms with van der Waals surface area (Å²) in [5, 5.41) is 7.43. The molecule has 0 aromatic carbocycles. The molecule has 0 bridgehead atoms. The smallest absolute Gasteiger partial charge is 0.191 e. The predicted molar refractivity (Wildman–Crippen MR) is 88.1 cm³/mol. The average molecular weight is 306 g/mol. The summed E-state index contributed by atoms with van der Waals surface area (Å²) in [6, 6.07) is 6.19. The van der Waals surface area contributed by atoms with Gasteiger partial charge in [0.15, 0.2) is 5.16 Å². The van der Waals surface area contributed by atoms with E-state index in [1.807, 2.05) is 24.5 Å². The van der Waals surface area contributed by atoms with E-state index in [1.165, 1.54) is 0 Å². The summed E-state index contributed by atoms with van der Waals surface area (Å²) < 4.78 is 5.35. The van der Waals surface area contributed by atoms with E-state index in [2.05, 4.69) is 34.4 Å². The van der Waals surface area contributed by atoms with Crippen molar-refractivity contribution in [3.05, 3.63) is 30.2 Å². The number of aromatic nitrogens is 2. The molecule has 2 aromatic heterocycles. The summed E-state index contributed by atoms with van der Waals surface area (Å²) in [5.41, 5.74) is 0. The van der Waals surface area contributed by atoms with Crippen LogP contribution in [0.4, 0.5) is 11.6 Å². The Kier molecular flexibility index (Phi) is 5.92. The van der Waals surface area contributed by atoms with E-state index in [1.54, 1.807) is 18.0 Å². The van der Waals surface area contributed by atoms with Gasteiger partial charge in [-0.15, -0.1) is 0 Å². The third kappa shape index (κ3) is 4.97. The second kappa shape index (κ2) is 7.93. The molecule has 21 heavy (non-hydrogen) atoms. The topological polar surface area (TPSA) is 63.0 Å². The molecular weight excluding hydrogens is 284 g/mol. The van der Waals surface area contributed by atoms with Crippen molar-refractivity contribution >= 4 is 23.4 Å². The van der Waals surface area contributed by atoms with Gasteiger partial charge < -0.3 is 15.1 Å². The second-order valence-corrected chi connectivity index (χ2v) is 5.59. The van der Waals surface area contributed by atoms with Crippen molar-refractivity contribution in [1.82, 2.24) is 9.97 Å². The molecule has 0 amide bonds. The number of nitrogens with one attached hydrogen (secondary N) is 2. The molecule has 2 heterocycles. The number of thioether (sulfide) groups is 1. The van der Waals surface area contributed by atoms with Gasteiger partial charge in [0.25, 0.3) is 0 Å². The summed E-state index contributed by atoms with van der Waals surface area (Å²) in [6.45, 7) is 5.05. The fourth-order valence-electron chi connectivity index (χ4n) is 2.00. The van der Waals surface area contributed by atoms with Crippen LogP contribution in [0.5, 0.6) is 0 Å². The molecule has 0 saturated carbocycles. The van der Waals surface area contributed by atoms with Gasteiger partial charge in [0, 0.05) is 25.1 Å². The summed E-state index contributed by atoms with van der Waals surface area (Å²) in [4.78, 5) is 8.92. The molecule has 2 aromatic rings. The first-order chi connectivity index (χ1) is 10.2. The Bertz CT molecular complexity index is 545. The number of hydrogen-bond acceptors (Lipinski definition) is 6. The van der Waals surface area contributed by atoms with Gasteiger partial charge in [0.2, 0.25) is 0 Å². The van der Waals surface area contributed by atoms with Crippen LogP contribution in [0, 0.1) is 0 Å². The molecule has 0 aliphatic rings. The van der Waals surface area contributed by atoms with E-state index in [-0.39, 0.29) is 0 Å². The van der Waals surface area contributed by atoms with Gasteiger partial charge in [-0.1, -0.05) is 11.8 Å². The number of anilines is 2. The number of hydrogen-bond donors (Lipinski definition) is 2. The molecule has 6 heteroatoms. The third-order valence-corrected chi connectivity index (χ3v) is 3.59. The average Bonchev–Trinajstić information content (AvgIpc) is 2.98. The highest BCUT2D eigenvalue weighted by Gasteiger charge is 2.08. The summed E-state index contributed by atoms with van der Waals surface area (Å²) >= 11 is 1.54. The summed E-state index contributed by atoms with van der Waals surface area (Å²) in [5.74, 6) is 2.74. The highest BCUT2D eigenvalue weighted by Crippen LogP contribution is 2.18. The maximum Gasteiger partial charge on any atom is 0.191 e. The zero-order valence-electron chi connectivity index (χ0n) is 12.7. The Morgan fingerprint density at radius 2 is 2.14 bits per heavy atom. The van der Waals surface area contributed by atoms with Gasteiger partial charge in [-0.3, -0.25) is 0 Å². The van der Waals surface area contributed by atoms with Gasteiger partial charge in [0.05, 0.1) is 6.26 Å². The zero-order chi connectivity index (χ0) is 15.1. The molecule has 0 spiro atoms. The Labute approximate surface area is 129 Å². The van der Waals surface area contributed by atoms with E-state index in [0.717, 1.165) is 41.9 Å². The van der Waals surface area contributed by atoms with Gasteiger partial charge in [-0.25, -0.2) is 9.97 Å². The minimum Gasteiger partial charge on any atom is -0.469 e. The Balaban J connectivity index is 1.95. The lowest BCUT2D eigenvalue weighted by Crippen LogP contribution is -2.17. The Morgan fingerprint density at radius 1 is 1.33 bits per heavy atom. The van der Waals surface area contributed by atoms with E-state index in [4.69, 9.17) is 4.42 Å². The SMILES string of the molecule is CCNc1cc(NC(C)CCc2ccco2)nc(SC)n1. The maximum absolute atomic E-state index is 5.35. The van der Waals surface area contributed by atoms with Crippen molar-refractivity contribution in [1.29, 1.82) is 0 Å². The van der Waals surface area contributed by atoms with Gasteiger partial charge in [0.1, 0.15) is 17.4 Å². The first-order valence-electron chi connectivity index (χ1n) is 7.17. The Hall–Kier alpha value is -1.69. The van der Waals surface area contributed by atoms with E-state index < -0.39 is 0 Å². The van der Waals surface area contributed by atoms with Gasteiger partial charge in [-0.2, -0.15) is 0 Å². The lowest BCUT2D eigenvalue weighted by molar-refractivity contribution is 0.494. The van der Waals surface area contributed by atoms with Crippen LogP contribution in [0.2, 0.25) is 0 Å². The standard InChI is InChI=1S/C15H22N4OS/c1-4-16-13-10-14(19-15(18-13)21-3)17-11(2)7-8-12-6-5-9-20-12/h5-6,9-11H,4,7-8H2,1-3H3,(H2,16,17,18,19). The lowest BCUT2D eigenvalue weighted by Gasteiger charge is -2.15. The number of nitrogens with zero attached hydrogens (tertiary/aromatic N) is 2. The van der Waals surface area contributed by atoms with E-state index >= 15 is 0 Å². The molecule has 1 unspecified atom stereocenters. The molecule has 0 aliphatic carbocycles. The van der Waals surface area contributed by atoms with Crippen LogP contribution in [0.15, 0.2) is 34.0 Å². The largest absolute Gasteiger partial charge is 0.469 e. The number of furan rings is 1. The highest BCUT2D eigenvalue weighted by atomic mass is 32.2. The van der Waals surface area contributed by atoms with Crippen LogP contribution >= 0.6 is 11.8 Å². The van der Waals surface area contributed by atoms with Crippen LogP contribution in [-0.2, 0) is 6.42 Å². The highest BCUT2D eigenvalue weighted by molar-refractivity contribution is 7.98. The fourth-order valence-corrected chi connectivity index (χ4v) is 2.38. The normalized spacial score (nSPS) is 12.1. The van der Waals surface area contributed by atoms with Crippen molar-refractivity contribution in [2.75, 3.05) is 23.4 Å². The molecule has 0 radical (unpaired) electrons. The van der Waals surface area contributed by atoms with Crippen LogP contribution in [0.25, 0.3) is 0 Å². The quantitative estimate of drug-likeness (QED) is 0.573. The van der Waals surface area contributed by atoms with Crippen LogP contribution in [-0.4, -0.2) is 28.8 Å². The molecule has 2 N–H and O–H groups in total. The van der Waals surface area contributed by atoms with Crippen molar-refractivity contribution in [2.45, 2.75) is 37.9 Å². The van der Waals surface area contributed by atoms with Crippen molar-refractivity contribution < 1.29 is 4.42 Å². The Morgan fingerprint density at radius 3 is 2.81 bits per heavy atom. The first-order valence-corrected chi connectivity index (χ1v) is 8.39. The minimum absolute atomic E-state index is 0.314. The molecule has 1 atom stereocenters. The summed E-state index contributed by atoms with van der Waals surface area (Å²) in [6.07, 6.45) is 5.60. The molecule has 114 valence electrons. The zero-order valence-corrected chi connectivity index (χ0v) is 13.5.